The number of unbranched alkanes of at least 4 members (excludes halogenated alkanes) is 3. The first-order valence-electron chi connectivity index (χ1n) is 9.87. The van der Waals surface area contributed by atoms with E-state index in [4.69, 9.17) is 0 Å². The lowest BCUT2D eigenvalue weighted by Crippen LogP contribution is -2.30. The molecule has 3 rings (SSSR count). The van der Waals surface area contributed by atoms with E-state index >= 15 is 0 Å². The summed E-state index contributed by atoms with van der Waals surface area (Å²) in [5.74, 6) is -0.346. The SMILES string of the molecule is CC(NC(=O)CCCCCCN1C(=O)c2ccccc2C1=O)c1ccccc1. The molecule has 1 unspecified atom stereocenters. The number of imide groups is 1. The van der Waals surface area contributed by atoms with Crippen molar-refractivity contribution in [1.29, 1.82) is 0 Å². The third kappa shape index (κ3) is 4.66. The van der Waals surface area contributed by atoms with Crippen molar-refractivity contribution in [3.05, 3.63) is 71.3 Å². The van der Waals surface area contributed by atoms with Crippen molar-refractivity contribution in [3.63, 3.8) is 0 Å². The number of rotatable bonds is 9. The van der Waals surface area contributed by atoms with Crippen LogP contribution in [0.15, 0.2) is 54.6 Å². The van der Waals surface area contributed by atoms with Crippen molar-refractivity contribution in [1.82, 2.24) is 10.2 Å². The standard InChI is InChI=1S/C23H26N2O3/c1-17(18-11-5-4-6-12-18)24-21(26)15-7-2-3-10-16-25-22(27)19-13-8-9-14-20(19)23(25)28/h4-6,8-9,11-14,17H,2-3,7,10,15-16H2,1H3,(H,24,26). The topological polar surface area (TPSA) is 66.5 Å². The Balaban J connectivity index is 1.32. The zero-order valence-electron chi connectivity index (χ0n) is 16.2. The number of nitrogens with one attached hydrogen (secondary N) is 1. The Hall–Kier alpha value is -2.95. The lowest BCUT2D eigenvalue weighted by Gasteiger charge is -2.14. The maximum Gasteiger partial charge on any atom is 0.261 e. The average Bonchev–Trinajstić information content (AvgIpc) is 2.96. The lowest BCUT2D eigenvalue weighted by atomic mass is 10.1. The molecular weight excluding hydrogens is 352 g/mol. The molecule has 0 aliphatic carbocycles. The second-order valence-corrected chi connectivity index (χ2v) is 7.17. The minimum atomic E-state index is -0.199. The number of hydrogen-bond donors (Lipinski definition) is 1. The molecule has 28 heavy (non-hydrogen) atoms. The smallest absolute Gasteiger partial charge is 0.261 e. The van der Waals surface area contributed by atoms with Crippen LogP contribution in [0.4, 0.5) is 0 Å². The lowest BCUT2D eigenvalue weighted by molar-refractivity contribution is -0.121. The highest BCUT2D eigenvalue weighted by molar-refractivity contribution is 6.21. The molecule has 3 amide bonds. The number of amides is 3. The van der Waals surface area contributed by atoms with E-state index in [1.54, 1.807) is 24.3 Å². The molecule has 0 saturated heterocycles. The molecule has 2 aromatic carbocycles. The fraction of sp³-hybridized carbons (Fsp3) is 0.348. The maximum atomic E-state index is 12.3. The highest BCUT2D eigenvalue weighted by Crippen LogP contribution is 2.23. The van der Waals surface area contributed by atoms with Gasteiger partial charge >= 0.3 is 0 Å². The zero-order chi connectivity index (χ0) is 19.9. The Labute approximate surface area is 165 Å². The van der Waals surface area contributed by atoms with Crippen LogP contribution in [-0.4, -0.2) is 29.2 Å². The summed E-state index contributed by atoms with van der Waals surface area (Å²) >= 11 is 0. The number of carbonyl (C=O) groups is 3. The molecule has 0 radical (unpaired) electrons. The molecule has 5 heteroatoms. The van der Waals surface area contributed by atoms with Crippen molar-refractivity contribution < 1.29 is 14.4 Å². The summed E-state index contributed by atoms with van der Waals surface area (Å²) in [6, 6.07) is 16.8. The van der Waals surface area contributed by atoms with Gasteiger partial charge in [-0.25, -0.2) is 0 Å². The molecule has 0 spiro atoms. The van der Waals surface area contributed by atoms with Gasteiger partial charge in [-0.15, -0.1) is 0 Å². The van der Waals surface area contributed by atoms with Gasteiger partial charge in [0.05, 0.1) is 17.2 Å². The normalized spacial score (nSPS) is 14.1. The van der Waals surface area contributed by atoms with E-state index in [0.29, 0.717) is 24.1 Å². The summed E-state index contributed by atoms with van der Waals surface area (Å²) in [6.45, 7) is 2.42. The van der Waals surface area contributed by atoms with Gasteiger partial charge in [0.25, 0.3) is 11.8 Å². The van der Waals surface area contributed by atoms with Gasteiger partial charge in [-0.1, -0.05) is 55.3 Å². The van der Waals surface area contributed by atoms with Gasteiger partial charge in [0, 0.05) is 13.0 Å². The van der Waals surface area contributed by atoms with Gasteiger partial charge in [-0.05, 0) is 37.5 Å². The van der Waals surface area contributed by atoms with E-state index in [1.165, 1.54) is 4.90 Å². The molecule has 146 valence electrons. The van der Waals surface area contributed by atoms with Gasteiger partial charge in [-0.3, -0.25) is 19.3 Å². The quantitative estimate of drug-likeness (QED) is 0.527. The van der Waals surface area contributed by atoms with Crippen LogP contribution in [0.25, 0.3) is 0 Å². The van der Waals surface area contributed by atoms with E-state index in [-0.39, 0.29) is 23.8 Å². The van der Waals surface area contributed by atoms with Crippen molar-refractivity contribution in [2.24, 2.45) is 0 Å². The first kappa shape index (κ1) is 19.8. The number of fused-ring (bicyclic) bond motifs is 1. The molecule has 2 aromatic rings. The van der Waals surface area contributed by atoms with Crippen LogP contribution in [0.5, 0.6) is 0 Å². The fourth-order valence-electron chi connectivity index (χ4n) is 3.49. The Morgan fingerprint density at radius 3 is 2.07 bits per heavy atom. The minimum absolute atomic E-state index is 0.00234. The Morgan fingerprint density at radius 2 is 1.43 bits per heavy atom. The number of nitrogens with zero attached hydrogens (tertiary/aromatic N) is 1. The van der Waals surface area contributed by atoms with Crippen LogP contribution in [0.3, 0.4) is 0 Å². The summed E-state index contributed by atoms with van der Waals surface area (Å²) in [5, 5.41) is 3.02. The highest BCUT2D eigenvalue weighted by atomic mass is 16.2. The summed E-state index contributed by atoms with van der Waals surface area (Å²) < 4.78 is 0. The largest absolute Gasteiger partial charge is 0.350 e. The fourth-order valence-corrected chi connectivity index (χ4v) is 3.49. The molecule has 0 aromatic heterocycles. The summed E-state index contributed by atoms with van der Waals surface area (Å²) in [4.78, 5) is 38.0. The Morgan fingerprint density at radius 1 is 0.857 bits per heavy atom. The first-order chi connectivity index (χ1) is 13.6. The first-order valence-corrected chi connectivity index (χ1v) is 9.87. The summed E-state index contributed by atoms with van der Waals surface area (Å²) in [7, 11) is 0. The number of carbonyl (C=O) groups excluding carboxylic acids is 3. The third-order valence-corrected chi connectivity index (χ3v) is 5.09. The molecule has 0 bridgehead atoms. The van der Waals surface area contributed by atoms with Gasteiger partial charge in [0.1, 0.15) is 0 Å². The predicted molar refractivity (Wildman–Crippen MR) is 108 cm³/mol. The molecule has 0 saturated carbocycles. The van der Waals surface area contributed by atoms with E-state index in [2.05, 4.69) is 5.32 Å². The highest BCUT2D eigenvalue weighted by Gasteiger charge is 2.34. The Kier molecular flexibility index (Phi) is 6.58. The predicted octanol–water partition coefficient (Wildman–Crippen LogP) is 4.11. The van der Waals surface area contributed by atoms with Crippen LogP contribution in [0, 0.1) is 0 Å². The molecule has 5 nitrogen and oxygen atoms in total. The van der Waals surface area contributed by atoms with Crippen molar-refractivity contribution in [2.45, 2.75) is 45.1 Å². The molecule has 1 atom stereocenters. The van der Waals surface area contributed by atoms with Crippen molar-refractivity contribution >= 4 is 17.7 Å². The molecule has 1 heterocycles. The van der Waals surface area contributed by atoms with Gasteiger partial charge in [-0.2, -0.15) is 0 Å². The maximum absolute atomic E-state index is 12.3. The second kappa shape index (κ2) is 9.31. The van der Waals surface area contributed by atoms with Gasteiger partial charge in [0.15, 0.2) is 0 Å². The van der Waals surface area contributed by atoms with Crippen molar-refractivity contribution in [2.75, 3.05) is 6.54 Å². The molecule has 1 aliphatic heterocycles. The summed E-state index contributed by atoms with van der Waals surface area (Å²) in [6.07, 6.45) is 3.83. The van der Waals surface area contributed by atoms with E-state index in [1.807, 2.05) is 37.3 Å². The van der Waals surface area contributed by atoms with Gasteiger partial charge < -0.3 is 5.32 Å². The van der Waals surface area contributed by atoms with Crippen molar-refractivity contribution in [3.8, 4) is 0 Å². The van der Waals surface area contributed by atoms with E-state index < -0.39 is 0 Å². The van der Waals surface area contributed by atoms with E-state index in [9.17, 15) is 14.4 Å². The van der Waals surface area contributed by atoms with Gasteiger partial charge in [0.2, 0.25) is 5.91 Å². The zero-order valence-corrected chi connectivity index (χ0v) is 16.2. The molecule has 1 N–H and O–H groups in total. The molecule has 0 fully saturated rings. The minimum Gasteiger partial charge on any atom is -0.350 e. The second-order valence-electron chi connectivity index (χ2n) is 7.17. The number of hydrogen-bond acceptors (Lipinski definition) is 3. The average molecular weight is 378 g/mol. The Bertz CT molecular complexity index is 813. The molecular formula is C23H26N2O3. The van der Waals surface area contributed by atoms with Crippen LogP contribution in [0.1, 0.15) is 71.3 Å². The monoisotopic (exact) mass is 378 g/mol. The van der Waals surface area contributed by atoms with Crippen LogP contribution in [0.2, 0.25) is 0 Å². The summed E-state index contributed by atoms with van der Waals surface area (Å²) in [5.41, 5.74) is 2.09. The van der Waals surface area contributed by atoms with E-state index in [0.717, 1.165) is 31.2 Å². The third-order valence-electron chi connectivity index (χ3n) is 5.09. The number of benzene rings is 2. The van der Waals surface area contributed by atoms with Crippen LogP contribution in [-0.2, 0) is 4.79 Å². The van der Waals surface area contributed by atoms with Crippen LogP contribution >= 0.6 is 0 Å². The molecule has 1 aliphatic rings. The van der Waals surface area contributed by atoms with Crippen LogP contribution < -0.4 is 5.32 Å².